The van der Waals surface area contributed by atoms with Gasteiger partial charge >= 0.3 is 0 Å². The molecule has 2 N–H and O–H groups in total. The van der Waals surface area contributed by atoms with Crippen LogP contribution in [0.4, 0.5) is 8.78 Å². The molecule has 6 heteroatoms. The molecule has 1 aromatic carbocycles. The Labute approximate surface area is 116 Å². The van der Waals surface area contributed by atoms with Gasteiger partial charge in [0.25, 0.3) is 6.43 Å². The number of nitrogens with zero attached hydrogens (tertiary/aromatic N) is 2. The van der Waals surface area contributed by atoms with Crippen LogP contribution in [-0.2, 0) is 18.2 Å². The van der Waals surface area contributed by atoms with Crippen LogP contribution < -0.4 is 5.73 Å². The minimum Gasteiger partial charge on any atom is -0.375 e. The van der Waals surface area contributed by atoms with Crippen molar-refractivity contribution >= 4 is 11.0 Å². The molecule has 0 bridgehead atoms. The van der Waals surface area contributed by atoms with E-state index in [1.165, 1.54) is 0 Å². The van der Waals surface area contributed by atoms with Crippen molar-refractivity contribution in [3.63, 3.8) is 0 Å². The fraction of sp³-hybridized carbons (Fsp3) is 0.500. The Bertz CT molecular complexity index is 556. The summed E-state index contributed by atoms with van der Waals surface area (Å²) in [5.74, 6) is 0.896. The van der Waals surface area contributed by atoms with E-state index in [1.54, 1.807) is 0 Å². The fourth-order valence-electron chi connectivity index (χ4n) is 2.12. The molecule has 0 radical (unpaired) electrons. The Kier molecular flexibility index (Phi) is 5.03. The summed E-state index contributed by atoms with van der Waals surface area (Å²) in [4.78, 5) is 4.53. The SMILES string of the molecule is Cn1c(CC(N)CCOCC(F)F)nc2ccccc21. The van der Waals surface area contributed by atoms with Crippen molar-refractivity contribution < 1.29 is 13.5 Å². The van der Waals surface area contributed by atoms with Gasteiger partial charge in [0.2, 0.25) is 0 Å². The van der Waals surface area contributed by atoms with Crippen LogP contribution >= 0.6 is 0 Å². The summed E-state index contributed by atoms with van der Waals surface area (Å²) < 4.78 is 30.7. The van der Waals surface area contributed by atoms with Crippen molar-refractivity contribution in [2.45, 2.75) is 25.3 Å². The first-order valence-electron chi connectivity index (χ1n) is 6.59. The topological polar surface area (TPSA) is 53.1 Å². The van der Waals surface area contributed by atoms with E-state index in [9.17, 15) is 8.78 Å². The van der Waals surface area contributed by atoms with Crippen molar-refractivity contribution in [3.8, 4) is 0 Å². The predicted octanol–water partition coefficient (Wildman–Crippen LogP) is 2.11. The molecular formula is C14H19F2N3O. The standard InChI is InChI=1S/C14H19F2N3O/c1-19-12-5-3-2-4-11(12)18-14(19)8-10(17)6-7-20-9-13(15)16/h2-5,10,13H,6-9,17H2,1H3. The number of imidazole rings is 1. The molecule has 2 rings (SSSR count). The Balaban J connectivity index is 1.89. The van der Waals surface area contributed by atoms with Gasteiger partial charge in [0.1, 0.15) is 12.4 Å². The van der Waals surface area contributed by atoms with E-state index in [-0.39, 0.29) is 12.6 Å². The number of benzene rings is 1. The number of aryl methyl sites for hydroxylation is 1. The molecule has 0 amide bonds. The number of rotatable bonds is 7. The van der Waals surface area contributed by atoms with Gasteiger partial charge in [-0.2, -0.15) is 0 Å². The lowest BCUT2D eigenvalue weighted by molar-refractivity contribution is 0.0152. The number of ether oxygens (including phenoxy) is 1. The molecule has 0 aliphatic carbocycles. The largest absolute Gasteiger partial charge is 0.375 e. The molecule has 1 atom stereocenters. The second-order valence-corrected chi connectivity index (χ2v) is 4.79. The normalized spacial score (nSPS) is 13.2. The third-order valence-corrected chi connectivity index (χ3v) is 3.20. The van der Waals surface area contributed by atoms with Crippen molar-refractivity contribution in [1.82, 2.24) is 9.55 Å². The quantitative estimate of drug-likeness (QED) is 0.792. The van der Waals surface area contributed by atoms with Crippen LogP contribution in [0.25, 0.3) is 11.0 Å². The van der Waals surface area contributed by atoms with Gasteiger partial charge in [-0.15, -0.1) is 0 Å². The fourth-order valence-corrected chi connectivity index (χ4v) is 2.12. The number of para-hydroxylation sites is 2. The van der Waals surface area contributed by atoms with E-state index in [0.29, 0.717) is 12.8 Å². The first-order chi connectivity index (χ1) is 9.58. The van der Waals surface area contributed by atoms with Gasteiger partial charge in [-0.1, -0.05) is 12.1 Å². The van der Waals surface area contributed by atoms with Gasteiger partial charge in [0, 0.05) is 26.1 Å². The minimum absolute atomic E-state index is 0.150. The molecule has 0 saturated heterocycles. The van der Waals surface area contributed by atoms with Crippen molar-refractivity contribution in [2.75, 3.05) is 13.2 Å². The molecular weight excluding hydrogens is 264 g/mol. The summed E-state index contributed by atoms with van der Waals surface area (Å²) in [6.07, 6.45) is -1.29. The molecule has 1 heterocycles. The molecule has 2 aromatic rings. The molecule has 110 valence electrons. The number of nitrogens with two attached hydrogens (primary N) is 1. The number of aromatic nitrogens is 2. The van der Waals surface area contributed by atoms with E-state index in [1.807, 2.05) is 35.9 Å². The van der Waals surface area contributed by atoms with E-state index in [0.717, 1.165) is 16.9 Å². The highest BCUT2D eigenvalue weighted by atomic mass is 19.3. The Morgan fingerprint density at radius 2 is 2.10 bits per heavy atom. The molecule has 1 unspecified atom stereocenters. The summed E-state index contributed by atoms with van der Waals surface area (Å²) in [5.41, 5.74) is 7.99. The van der Waals surface area contributed by atoms with Crippen LogP contribution in [0.1, 0.15) is 12.2 Å². The molecule has 0 spiro atoms. The smallest absolute Gasteiger partial charge is 0.261 e. The Hall–Kier alpha value is -1.53. The summed E-state index contributed by atoms with van der Waals surface area (Å²) >= 11 is 0. The third-order valence-electron chi connectivity index (χ3n) is 3.20. The first kappa shape index (κ1) is 14.9. The molecule has 1 aromatic heterocycles. The second kappa shape index (κ2) is 6.76. The lowest BCUT2D eigenvalue weighted by Crippen LogP contribution is -2.26. The first-order valence-corrected chi connectivity index (χ1v) is 6.59. The van der Waals surface area contributed by atoms with E-state index >= 15 is 0 Å². The number of alkyl halides is 2. The maximum atomic E-state index is 11.9. The van der Waals surface area contributed by atoms with Crippen molar-refractivity contribution in [1.29, 1.82) is 0 Å². The van der Waals surface area contributed by atoms with Crippen LogP contribution in [-0.4, -0.2) is 35.2 Å². The summed E-state index contributed by atoms with van der Waals surface area (Å²) in [5, 5.41) is 0. The van der Waals surface area contributed by atoms with Gasteiger partial charge in [0.15, 0.2) is 0 Å². The van der Waals surface area contributed by atoms with Gasteiger partial charge in [-0.05, 0) is 18.6 Å². The molecule has 0 saturated carbocycles. The summed E-state index contributed by atoms with van der Waals surface area (Å²) in [6, 6.07) is 7.71. The summed E-state index contributed by atoms with van der Waals surface area (Å²) in [6.45, 7) is -0.283. The van der Waals surface area contributed by atoms with Crippen LogP contribution in [0.3, 0.4) is 0 Å². The Morgan fingerprint density at radius 1 is 1.35 bits per heavy atom. The average Bonchev–Trinajstić information content (AvgIpc) is 2.72. The minimum atomic E-state index is -2.42. The van der Waals surface area contributed by atoms with Gasteiger partial charge in [0.05, 0.1) is 11.0 Å². The number of halogens is 2. The highest BCUT2D eigenvalue weighted by Gasteiger charge is 2.12. The highest BCUT2D eigenvalue weighted by Crippen LogP contribution is 2.15. The number of hydrogen-bond donors (Lipinski definition) is 1. The van der Waals surface area contributed by atoms with E-state index in [4.69, 9.17) is 10.5 Å². The second-order valence-electron chi connectivity index (χ2n) is 4.79. The maximum absolute atomic E-state index is 11.9. The Morgan fingerprint density at radius 3 is 2.80 bits per heavy atom. The third kappa shape index (κ3) is 3.74. The zero-order chi connectivity index (χ0) is 14.5. The van der Waals surface area contributed by atoms with Crippen molar-refractivity contribution in [3.05, 3.63) is 30.1 Å². The monoisotopic (exact) mass is 283 g/mol. The van der Waals surface area contributed by atoms with E-state index < -0.39 is 13.0 Å². The number of fused-ring (bicyclic) bond motifs is 1. The average molecular weight is 283 g/mol. The molecule has 0 aliphatic rings. The highest BCUT2D eigenvalue weighted by molar-refractivity contribution is 5.75. The van der Waals surface area contributed by atoms with Crippen molar-refractivity contribution in [2.24, 2.45) is 12.8 Å². The zero-order valence-corrected chi connectivity index (χ0v) is 11.4. The molecule has 20 heavy (non-hydrogen) atoms. The van der Waals surface area contributed by atoms with Crippen LogP contribution in [0, 0.1) is 0 Å². The lowest BCUT2D eigenvalue weighted by Gasteiger charge is -2.11. The van der Waals surface area contributed by atoms with Crippen LogP contribution in [0.15, 0.2) is 24.3 Å². The number of hydrogen-bond acceptors (Lipinski definition) is 3. The molecule has 0 aliphatic heterocycles. The van der Waals surface area contributed by atoms with Gasteiger partial charge in [-0.3, -0.25) is 0 Å². The molecule has 4 nitrogen and oxygen atoms in total. The van der Waals surface area contributed by atoms with Crippen LogP contribution in [0.2, 0.25) is 0 Å². The summed E-state index contributed by atoms with van der Waals surface area (Å²) in [7, 11) is 1.95. The van der Waals surface area contributed by atoms with E-state index in [2.05, 4.69) is 4.98 Å². The lowest BCUT2D eigenvalue weighted by atomic mass is 10.1. The predicted molar refractivity (Wildman–Crippen MR) is 73.8 cm³/mol. The molecule has 0 fully saturated rings. The van der Waals surface area contributed by atoms with Gasteiger partial charge < -0.3 is 15.0 Å². The maximum Gasteiger partial charge on any atom is 0.261 e. The van der Waals surface area contributed by atoms with Crippen LogP contribution in [0.5, 0.6) is 0 Å². The van der Waals surface area contributed by atoms with Gasteiger partial charge in [-0.25, -0.2) is 13.8 Å². The zero-order valence-electron chi connectivity index (χ0n) is 11.4.